The van der Waals surface area contributed by atoms with E-state index < -0.39 is 0 Å². The van der Waals surface area contributed by atoms with Crippen LogP contribution in [0.25, 0.3) is 10.9 Å². The van der Waals surface area contributed by atoms with E-state index in [-0.39, 0.29) is 0 Å². The van der Waals surface area contributed by atoms with Crippen molar-refractivity contribution in [1.29, 1.82) is 0 Å². The van der Waals surface area contributed by atoms with Gasteiger partial charge in [-0.25, -0.2) is 0 Å². The molecule has 0 radical (unpaired) electrons. The molecular weight excluding hydrogens is 256 g/mol. The van der Waals surface area contributed by atoms with E-state index >= 15 is 0 Å². The molecule has 0 saturated heterocycles. The van der Waals surface area contributed by atoms with Crippen LogP contribution in [-0.2, 0) is 6.54 Å². The second-order valence-electron chi connectivity index (χ2n) is 6.41. The molecule has 1 N–H and O–H groups in total. The van der Waals surface area contributed by atoms with Crippen molar-refractivity contribution in [2.45, 2.75) is 52.0 Å². The summed E-state index contributed by atoms with van der Waals surface area (Å²) in [5.41, 5.74) is 3.59. The molecule has 2 aromatic rings. The number of para-hydroxylation sites is 1. The highest BCUT2D eigenvalue weighted by Gasteiger charge is 2.13. The number of nitrogens with one attached hydrogen (secondary N) is 1. The average molecular weight is 282 g/mol. The first-order valence-corrected chi connectivity index (χ1v) is 8.39. The molecule has 0 amide bonds. The molecule has 2 heteroatoms. The molecule has 1 aromatic carbocycles. The standard InChI is InChI=1S/C19H26N2/c1-15-13-17(18-10-4-5-11-19(18)21-15)14-20-12-6-9-16-7-2-3-8-16/h4-5,10-11,13,16,20H,2-3,6-9,12,14H2,1H3. The molecule has 2 nitrogen and oxygen atoms in total. The van der Waals surface area contributed by atoms with Gasteiger partial charge in [0.05, 0.1) is 5.52 Å². The summed E-state index contributed by atoms with van der Waals surface area (Å²) in [6.07, 6.45) is 8.57. The molecule has 1 heterocycles. The monoisotopic (exact) mass is 282 g/mol. The summed E-state index contributed by atoms with van der Waals surface area (Å²) < 4.78 is 0. The van der Waals surface area contributed by atoms with Crippen molar-refractivity contribution in [3.63, 3.8) is 0 Å². The first kappa shape index (κ1) is 14.5. The van der Waals surface area contributed by atoms with Crippen molar-refractivity contribution in [2.24, 2.45) is 5.92 Å². The van der Waals surface area contributed by atoms with Crippen molar-refractivity contribution in [3.05, 3.63) is 41.6 Å². The second-order valence-corrected chi connectivity index (χ2v) is 6.41. The molecule has 0 bridgehead atoms. The molecule has 1 aromatic heterocycles. The SMILES string of the molecule is Cc1cc(CNCCCC2CCCC2)c2ccccc2n1. The predicted octanol–water partition coefficient (Wildman–Crippen LogP) is 4.60. The summed E-state index contributed by atoms with van der Waals surface area (Å²) in [5.74, 6) is 1.01. The molecule has 1 aliphatic rings. The van der Waals surface area contributed by atoms with E-state index in [1.807, 2.05) is 0 Å². The van der Waals surface area contributed by atoms with Crippen LogP contribution in [0.2, 0.25) is 0 Å². The van der Waals surface area contributed by atoms with Crippen LogP contribution in [0.5, 0.6) is 0 Å². The van der Waals surface area contributed by atoms with Crippen LogP contribution in [-0.4, -0.2) is 11.5 Å². The quantitative estimate of drug-likeness (QED) is 0.783. The van der Waals surface area contributed by atoms with E-state index in [9.17, 15) is 0 Å². The number of aryl methyl sites for hydroxylation is 1. The van der Waals surface area contributed by atoms with E-state index in [4.69, 9.17) is 0 Å². The fourth-order valence-electron chi connectivity index (χ4n) is 3.58. The summed E-state index contributed by atoms with van der Waals surface area (Å²) in [4.78, 5) is 4.61. The minimum atomic E-state index is 0.953. The smallest absolute Gasteiger partial charge is 0.0708 e. The zero-order valence-electron chi connectivity index (χ0n) is 13.1. The summed E-state index contributed by atoms with van der Waals surface area (Å²) in [6.45, 7) is 4.16. The number of pyridine rings is 1. The largest absolute Gasteiger partial charge is 0.313 e. The molecule has 3 rings (SSSR count). The maximum absolute atomic E-state index is 4.61. The van der Waals surface area contributed by atoms with Crippen LogP contribution < -0.4 is 5.32 Å². The molecule has 1 saturated carbocycles. The van der Waals surface area contributed by atoms with Gasteiger partial charge in [-0.1, -0.05) is 43.9 Å². The van der Waals surface area contributed by atoms with Gasteiger partial charge < -0.3 is 5.32 Å². The number of fused-ring (bicyclic) bond motifs is 1. The highest BCUT2D eigenvalue weighted by molar-refractivity contribution is 5.82. The minimum Gasteiger partial charge on any atom is -0.313 e. The van der Waals surface area contributed by atoms with Crippen LogP contribution >= 0.6 is 0 Å². The molecule has 0 unspecified atom stereocenters. The molecule has 1 aliphatic carbocycles. The lowest BCUT2D eigenvalue weighted by atomic mass is 10.0. The zero-order valence-corrected chi connectivity index (χ0v) is 13.1. The van der Waals surface area contributed by atoms with E-state index in [2.05, 4.69) is 47.6 Å². The maximum Gasteiger partial charge on any atom is 0.0708 e. The Kier molecular flexibility index (Phi) is 4.87. The molecule has 112 valence electrons. The first-order chi connectivity index (χ1) is 10.3. The molecule has 0 aliphatic heterocycles. The van der Waals surface area contributed by atoms with E-state index in [1.165, 1.54) is 49.5 Å². The van der Waals surface area contributed by atoms with Gasteiger partial charge in [0.1, 0.15) is 0 Å². The molecule has 0 atom stereocenters. The second kappa shape index (κ2) is 7.04. The van der Waals surface area contributed by atoms with Crippen LogP contribution in [0.4, 0.5) is 0 Å². The lowest BCUT2D eigenvalue weighted by molar-refractivity contribution is 0.470. The van der Waals surface area contributed by atoms with E-state index in [0.29, 0.717) is 0 Å². The molecule has 21 heavy (non-hydrogen) atoms. The zero-order chi connectivity index (χ0) is 14.5. The van der Waals surface area contributed by atoms with Gasteiger partial charge >= 0.3 is 0 Å². The molecule has 1 fully saturated rings. The Morgan fingerprint density at radius 1 is 1.19 bits per heavy atom. The number of hydrogen-bond acceptors (Lipinski definition) is 2. The Bertz CT molecular complexity index is 585. The van der Waals surface area contributed by atoms with Crippen LogP contribution in [0.1, 0.15) is 49.8 Å². The number of benzene rings is 1. The van der Waals surface area contributed by atoms with Crippen molar-refractivity contribution in [3.8, 4) is 0 Å². The fraction of sp³-hybridized carbons (Fsp3) is 0.526. The van der Waals surface area contributed by atoms with Crippen molar-refractivity contribution >= 4 is 10.9 Å². The van der Waals surface area contributed by atoms with Gasteiger partial charge in [0.2, 0.25) is 0 Å². The Morgan fingerprint density at radius 3 is 2.86 bits per heavy atom. The first-order valence-electron chi connectivity index (χ1n) is 8.39. The Balaban J connectivity index is 1.52. The third-order valence-electron chi connectivity index (χ3n) is 4.69. The Morgan fingerprint density at radius 2 is 2.00 bits per heavy atom. The summed E-state index contributed by atoms with van der Waals surface area (Å²) in [5, 5.41) is 4.90. The van der Waals surface area contributed by atoms with Gasteiger partial charge in [-0.15, -0.1) is 0 Å². The Hall–Kier alpha value is -1.41. The number of rotatable bonds is 6. The van der Waals surface area contributed by atoms with Crippen molar-refractivity contribution < 1.29 is 0 Å². The lowest BCUT2D eigenvalue weighted by Crippen LogP contribution is -2.16. The van der Waals surface area contributed by atoms with Crippen molar-refractivity contribution in [1.82, 2.24) is 10.3 Å². The maximum atomic E-state index is 4.61. The van der Waals surface area contributed by atoms with Gasteiger partial charge in [-0.05, 0) is 49.9 Å². The lowest BCUT2D eigenvalue weighted by Gasteiger charge is -2.11. The Labute approximate surface area is 128 Å². The van der Waals surface area contributed by atoms with E-state index in [1.54, 1.807) is 0 Å². The average Bonchev–Trinajstić information content (AvgIpc) is 3.00. The number of hydrogen-bond donors (Lipinski definition) is 1. The third-order valence-corrected chi connectivity index (χ3v) is 4.69. The minimum absolute atomic E-state index is 0.953. The molecule has 0 spiro atoms. The van der Waals surface area contributed by atoms with Crippen LogP contribution in [0.15, 0.2) is 30.3 Å². The van der Waals surface area contributed by atoms with Crippen LogP contribution in [0.3, 0.4) is 0 Å². The molecular formula is C19H26N2. The highest BCUT2D eigenvalue weighted by atomic mass is 14.8. The van der Waals surface area contributed by atoms with Crippen LogP contribution in [0, 0.1) is 12.8 Å². The van der Waals surface area contributed by atoms with E-state index in [0.717, 1.165) is 30.2 Å². The third kappa shape index (κ3) is 3.82. The summed E-state index contributed by atoms with van der Waals surface area (Å²) in [6, 6.07) is 10.7. The number of aromatic nitrogens is 1. The normalized spacial score (nSPS) is 15.9. The summed E-state index contributed by atoms with van der Waals surface area (Å²) in [7, 11) is 0. The number of nitrogens with zero attached hydrogens (tertiary/aromatic N) is 1. The van der Waals surface area contributed by atoms with Gasteiger partial charge in [0.15, 0.2) is 0 Å². The van der Waals surface area contributed by atoms with Crippen molar-refractivity contribution in [2.75, 3.05) is 6.54 Å². The predicted molar refractivity (Wildman–Crippen MR) is 89.4 cm³/mol. The van der Waals surface area contributed by atoms with Gasteiger partial charge in [-0.3, -0.25) is 4.98 Å². The summed E-state index contributed by atoms with van der Waals surface area (Å²) >= 11 is 0. The fourth-order valence-corrected chi connectivity index (χ4v) is 3.58. The topological polar surface area (TPSA) is 24.9 Å². The van der Waals surface area contributed by atoms with Gasteiger partial charge in [0, 0.05) is 17.6 Å². The van der Waals surface area contributed by atoms with Gasteiger partial charge in [-0.2, -0.15) is 0 Å². The van der Waals surface area contributed by atoms with Gasteiger partial charge in [0.25, 0.3) is 0 Å². The highest BCUT2D eigenvalue weighted by Crippen LogP contribution is 2.28.